The number of rotatable bonds is 24. The monoisotopic (exact) mass is 974 g/mol. The highest BCUT2D eigenvalue weighted by molar-refractivity contribution is 5.87. The van der Waals surface area contributed by atoms with E-state index in [0.717, 1.165) is 75.5 Å². The van der Waals surface area contributed by atoms with Crippen LogP contribution < -0.4 is 26.6 Å². The van der Waals surface area contributed by atoms with E-state index in [1.165, 1.54) is 47.9 Å². The smallest absolute Gasteiger partial charge is 0.333 e. The first-order chi connectivity index (χ1) is 34.4. The fraction of sp³-hybridized carbons (Fsp3) is 0.552. The predicted octanol–water partition coefficient (Wildman–Crippen LogP) is 9.38. The van der Waals surface area contributed by atoms with E-state index in [0.29, 0.717) is 49.3 Å². The van der Waals surface area contributed by atoms with Crippen LogP contribution in [0.25, 0.3) is 0 Å². The predicted molar refractivity (Wildman–Crippen MR) is 282 cm³/mol. The summed E-state index contributed by atoms with van der Waals surface area (Å²) in [6, 6.07) is 26.3. The van der Waals surface area contributed by atoms with Gasteiger partial charge in [-0.2, -0.15) is 0 Å². The second-order valence-corrected chi connectivity index (χ2v) is 20.3. The summed E-state index contributed by atoms with van der Waals surface area (Å²) in [4.78, 5) is 55.9. The van der Waals surface area contributed by atoms with E-state index >= 15 is 0 Å². The van der Waals surface area contributed by atoms with Gasteiger partial charge < -0.3 is 45.9 Å². The number of nitrogens with zero attached hydrogens (tertiary/aromatic N) is 2. The Kier molecular flexibility index (Phi) is 22.0. The molecule has 13 nitrogen and oxygen atoms in total. The summed E-state index contributed by atoms with van der Waals surface area (Å²) in [6.07, 6.45) is 14.0. The van der Waals surface area contributed by atoms with Crippen molar-refractivity contribution in [1.82, 2.24) is 36.4 Å². The van der Waals surface area contributed by atoms with Gasteiger partial charge in [0.05, 0.1) is 13.1 Å². The van der Waals surface area contributed by atoms with Crippen LogP contribution in [0.4, 0.5) is 9.59 Å². The van der Waals surface area contributed by atoms with Crippen molar-refractivity contribution in [2.24, 2.45) is 5.92 Å². The molecule has 3 fully saturated rings. The molecule has 3 aromatic rings. The number of nitrogens with one attached hydrogen (secondary N) is 5. The molecule has 3 aliphatic rings. The zero-order valence-electron chi connectivity index (χ0n) is 43.2. The molecule has 5 N–H and O–H groups in total. The minimum absolute atomic E-state index is 0.0168. The molecule has 0 aliphatic heterocycles. The van der Waals surface area contributed by atoms with Crippen LogP contribution in [0.5, 0.6) is 0 Å². The minimum Gasteiger partial charge on any atom is -0.460 e. The van der Waals surface area contributed by atoms with Crippen molar-refractivity contribution in [3.63, 3.8) is 0 Å². The first kappa shape index (κ1) is 54.8. The van der Waals surface area contributed by atoms with Crippen molar-refractivity contribution < 1.29 is 28.7 Å². The number of hydrogen-bond donors (Lipinski definition) is 5. The van der Waals surface area contributed by atoms with Crippen molar-refractivity contribution in [1.29, 1.82) is 0 Å². The Morgan fingerprint density at radius 3 is 1.23 bits per heavy atom. The van der Waals surface area contributed by atoms with Crippen molar-refractivity contribution in [2.45, 2.75) is 174 Å². The summed E-state index contributed by atoms with van der Waals surface area (Å²) < 4.78 is 10.6. The number of ether oxygens (including phenoxy) is 2. The van der Waals surface area contributed by atoms with Crippen LogP contribution in [0.2, 0.25) is 0 Å². The Bertz CT molecular complexity index is 2180. The number of carbonyl (C=O) groups excluding carboxylic acids is 4. The molecule has 3 aliphatic carbocycles. The molecule has 0 bridgehead atoms. The maximum atomic E-state index is 14.1. The molecule has 13 heteroatoms. The standard InChI is InChI=1S/C58H83N7O6/c1-7-44-20-28-48(29-21-44)39-64(57(68)59-32-34-70-55(66)41(2)3)53-18-12-10-16-51(53)62-37-45-22-24-46(25-23-45)38-63-52-17-11-13-19-54(52)65(58(69)60-33-35-71-56(67)42(4)5)40-49-30-26-47(27-31-49)36-61-50-15-9-8-14-43(50)6/h20-31,43,50-54,61-63H,2,4,7-19,32-40H2,1,3,5-6H3,(H,59,68)(H,60,69). The SMILES string of the molecule is C=C(C)C(=O)OCCNC(=O)N(Cc1ccc(CC)cc1)C1CCCCC1NCc1ccc(CNC2CCCCC2N(Cc2ccc(CNC3CCCCC3C)cc2)C(=O)NCCOC(=O)C(=C)C)cc1. The van der Waals surface area contributed by atoms with Gasteiger partial charge in [-0.25, -0.2) is 19.2 Å². The average molecular weight is 974 g/mol. The fourth-order valence-corrected chi connectivity index (χ4v) is 10.4. The number of carbonyl (C=O) groups is 4. The van der Waals surface area contributed by atoms with Gasteiger partial charge in [0.15, 0.2) is 0 Å². The highest BCUT2D eigenvalue weighted by Crippen LogP contribution is 2.28. The first-order valence-electron chi connectivity index (χ1n) is 26.6. The van der Waals surface area contributed by atoms with Gasteiger partial charge in [-0.3, -0.25) is 0 Å². The number of urea groups is 2. The number of aryl methyl sites for hydroxylation is 1. The minimum atomic E-state index is -0.464. The summed E-state index contributed by atoms with van der Waals surface area (Å²) in [5, 5.41) is 17.5. The molecule has 0 saturated heterocycles. The highest BCUT2D eigenvalue weighted by atomic mass is 16.5. The molecule has 6 atom stereocenters. The summed E-state index contributed by atoms with van der Waals surface area (Å²) in [5.41, 5.74) is 7.64. The van der Waals surface area contributed by atoms with Crippen LogP contribution in [0.1, 0.15) is 138 Å². The lowest BCUT2D eigenvalue weighted by Crippen LogP contribution is -2.56. The largest absolute Gasteiger partial charge is 0.460 e. The molecule has 71 heavy (non-hydrogen) atoms. The summed E-state index contributed by atoms with van der Waals surface area (Å²) in [5.74, 6) is -0.233. The van der Waals surface area contributed by atoms with Gasteiger partial charge in [-0.15, -0.1) is 0 Å². The third-order valence-corrected chi connectivity index (χ3v) is 14.7. The Labute approximate surface area is 424 Å². The van der Waals surface area contributed by atoms with Crippen molar-refractivity contribution in [2.75, 3.05) is 26.3 Å². The molecule has 3 aromatic carbocycles. The van der Waals surface area contributed by atoms with E-state index < -0.39 is 11.9 Å². The van der Waals surface area contributed by atoms with Crippen LogP contribution >= 0.6 is 0 Å². The second kappa shape index (κ2) is 28.5. The number of amides is 4. The van der Waals surface area contributed by atoms with Crippen LogP contribution in [-0.4, -0.2) is 90.3 Å². The summed E-state index contributed by atoms with van der Waals surface area (Å²) >= 11 is 0. The summed E-state index contributed by atoms with van der Waals surface area (Å²) in [7, 11) is 0. The molecule has 6 unspecified atom stereocenters. The van der Waals surface area contributed by atoms with Gasteiger partial charge in [0, 0.05) is 74.1 Å². The van der Waals surface area contributed by atoms with E-state index in [2.05, 4.69) is 126 Å². The molecule has 0 aromatic heterocycles. The highest BCUT2D eigenvalue weighted by Gasteiger charge is 2.35. The number of benzene rings is 3. The van der Waals surface area contributed by atoms with Gasteiger partial charge in [0.2, 0.25) is 0 Å². The van der Waals surface area contributed by atoms with Crippen molar-refractivity contribution in [3.8, 4) is 0 Å². The molecule has 0 radical (unpaired) electrons. The Morgan fingerprint density at radius 1 is 0.507 bits per heavy atom. The van der Waals surface area contributed by atoms with Crippen LogP contribution in [0.15, 0.2) is 97.1 Å². The zero-order valence-corrected chi connectivity index (χ0v) is 43.2. The zero-order chi connectivity index (χ0) is 50.5. The van der Waals surface area contributed by atoms with Crippen LogP contribution in [0.3, 0.4) is 0 Å². The van der Waals surface area contributed by atoms with Gasteiger partial charge in [-0.05, 0) is 98.1 Å². The van der Waals surface area contributed by atoms with Gasteiger partial charge >= 0.3 is 24.0 Å². The maximum Gasteiger partial charge on any atom is 0.333 e. The van der Waals surface area contributed by atoms with Crippen molar-refractivity contribution >= 4 is 24.0 Å². The number of esters is 2. The molecule has 0 heterocycles. The molecule has 0 spiro atoms. The normalized spacial score (nSPS) is 21.1. The fourth-order valence-electron chi connectivity index (χ4n) is 10.4. The lowest BCUT2D eigenvalue weighted by molar-refractivity contribution is -0.139. The van der Waals surface area contributed by atoms with Crippen LogP contribution in [-0.2, 0) is 58.2 Å². The molecular formula is C58H83N7O6. The quantitative estimate of drug-likeness (QED) is 0.0336. The molecule has 4 amide bonds. The molecule has 6 rings (SSSR count). The lowest BCUT2D eigenvalue weighted by atomic mass is 9.86. The Balaban J connectivity index is 1.07. The van der Waals surface area contributed by atoms with E-state index in [9.17, 15) is 19.2 Å². The third-order valence-electron chi connectivity index (χ3n) is 14.7. The lowest BCUT2D eigenvalue weighted by Gasteiger charge is -2.40. The molecular weight excluding hydrogens is 891 g/mol. The van der Waals surface area contributed by atoms with Gasteiger partial charge in [0.1, 0.15) is 13.2 Å². The number of hydrogen-bond acceptors (Lipinski definition) is 9. The van der Waals surface area contributed by atoms with Crippen LogP contribution in [0, 0.1) is 5.92 Å². The van der Waals surface area contributed by atoms with Crippen molar-refractivity contribution in [3.05, 3.63) is 130 Å². The Morgan fingerprint density at radius 2 is 0.845 bits per heavy atom. The molecule has 386 valence electrons. The van der Waals surface area contributed by atoms with E-state index in [1.807, 2.05) is 9.80 Å². The van der Waals surface area contributed by atoms with E-state index in [-0.39, 0.29) is 62.5 Å². The maximum absolute atomic E-state index is 14.1. The van der Waals surface area contributed by atoms with E-state index in [1.54, 1.807) is 13.8 Å². The summed E-state index contributed by atoms with van der Waals surface area (Å²) in [6.45, 7) is 18.7. The Hall–Kier alpha value is -5.50. The van der Waals surface area contributed by atoms with Gasteiger partial charge in [0.25, 0.3) is 0 Å². The van der Waals surface area contributed by atoms with E-state index in [4.69, 9.17) is 9.47 Å². The third kappa shape index (κ3) is 17.4. The van der Waals surface area contributed by atoms with Gasteiger partial charge in [-0.1, -0.05) is 138 Å². The molecule has 3 saturated carbocycles. The second-order valence-electron chi connectivity index (χ2n) is 20.3. The topological polar surface area (TPSA) is 153 Å². The average Bonchev–Trinajstić information content (AvgIpc) is 3.39. The first-order valence-corrected chi connectivity index (χ1v) is 26.6.